The van der Waals surface area contributed by atoms with Gasteiger partial charge in [-0.2, -0.15) is 0 Å². The lowest BCUT2D eigenvalue weighted by Crippen LogP contribution is -2.63. The first-order chi connectivity index (χ1) is 21.4. The third-order valence-corrected chi connectivity index (χ3v) is 8.77. The van der Waals surface area contributed by atoms with E-state index in [4.69, 9.17) is 11.2 Å². The lowest BCUT2D eigenvalue weighted by Gasteiger charge is -2.38. The lowest BCUT2D eigenvalue weighted by molar-refractivity contribution is -0.160. The van der Waals surface area contributed by atoms with Crippen molar-refractivity contribution in [3.8, 4) is 12.3 Å². The highest BCUT2D eigenvalue weighted by atomic mass is 16.6. The fourth-order valence-electron chi connectivity index (χ4n) is 6.09. The Morgan fingerprint density at radius 3 is 2.00 bits per heavy atom. The molecule has 4 N–H and O–H groups in total. The molecule has 0 aromatic rings. The first kappa shape index (κ1) is 39.3. The second-order valence-electron chi connectivity index (χ2n) is 16.3. The molecule has 1 saturated heterocycles. The van der Waals surface area contributed by atoms with Crippen LogP contribution in [0.4, 0.5) is 4.79 Å². The summed E-state index contributed by atoms with van der Waals surface area (Å²) in [6.45, 7) is 23.9. The predicted molar refractivity (Wildman–Crippen MR) is 178 cm³/mol. The van der Waals surface area contributed by atoms with Crippen molar-refractivity contribution in [2.75, 3.05) is 13.1 Å². The summed E-state index contributed by atoms with van der Waals surface area (Å²) in [6.07, 6.45) is 7.03. The zero-order chi connectivity index (χ0) is 36.3. The topological polar surface area (TPSA) is 163 Å². The quantitative estimate of drug-likeness (QED) is 0.109. The number of fused-ring (bicyclic) bond motifs is 1. The minimum absolute atomic E-state index is 0.0184. The number of carbonyl (C=O) groups excluding carboxylic acids is 6. The average Bonchev–Trinajstić information content (AvgIpc) is 3.25. The molecule has 2 unspecified atom stereocenters. The smallest absolute Gasteiger partial charge is 0.329 e. The first-order valence-corrected chi connectivity index (χ1v) is 16.2. The summed E-state index contributed by atoms with van der Waals surface area (Å²) < 4.78 is 5.55. The summed E-state index contributed by atoms with van der Waals surface area (Å²) >= 11 is 0. The maximum absolute atomic E-state index is 14.3. The Hall–Kier alpha value is -3.88. The molecule has 2 aliphatic rings. The lowest BCUT2D eigenvalue weighted by atomic mass is 9.85. The van der Waals surface area contributed by atoms with E-state index < -0.39 is 76.1 Å². The zero-order valence-electron chi connectivity index (χ0n) is 30.0. The molecule has 12 nitrogen and oxygen atoms in total. The Morgan fingerprint density at radius 2 is 1.51 bits per heavy atom. The van der Waals surface area contributed by atoms with E-state index in [0.717, 1.165) is 0 Å². The van der Waals surface area contributed by atoms with Crippen molar-refractivity contribution >= 4 is 35.5 Å². The van der Waals surface area contributed by atoms with Crippen molar-refractivity contribution in [2.45, 2.75) is 119 Å². The van der Waals surface area contributed by atoms with Crippen LogP contribution in [-0.4, -0.2) is 83.3 Å². The van der Waals surface area contributed by atoms with E-state index >= 15 is 0 Å². The largest absolute Gasteiger partial charge is 0.458 e. The van der Waals surface area contributed by atoms with Crippen LogP contribution in [0.25, 0.3) is 0 Å². The van der Waals surface area contributed by atoms with Crippen molar-refractivity contribution < 1.29 is 33.5 Å². The van der Waals surface area contributed by atoms with Crippen molar-refractivity contribution in [3.63, 3.8) is 0 Å². The molecule has 5 amide bonds. The van der Waals surface area contributed by atoms with Gasteiger partial charge in [0.25, 0.3) is 5.91 Å². The van der Waals surface area contributed by atoms with Crippen LogP contribution < -0.4 is 21.3 Å². The summed E-state index contributed by atoms with van der Waals surface area (Å²) in [6, 6.07) is -4.97. The van der Waals surface area contributed by atoms with Gasteiger partial charge < -0.3 is 30.9 Å². The summed E-state index contributed by atoms with van der Waals surface area (Å²) in [7, 11) is 0. The van der Waals surface area contributed by atoms with Crippen LogP contribution >= 0.6 is 0 Å². The van der Waals surface area contributed by atoms with Gasteiger partial charge in [-0.05, 0) is 55.3 Å². The number of hydrogen-bond acceptors (Lipinski definition) is 7. The fraction of sp³-hybridized carbons (Fsp3) is 0.714. The van der Waals surface area contributed by atoms with E-state index in [1.165, 1.54) is 11.0 Å². The number of amides is 5. The molecule has 47 heavy (non-hydrogen) atoms. The highest BCUT2D eigenvalue weighted by Gasteiger charge is 2.70. The van der Waals surface area contributed by atoms with Gasteiger partial charge in [-0.25, -0.2) is 9.59 Å². The van der Waals surface area contributed by atoms with Gasteiger partial charge in [0.05, 0.1) is 6.04 Å². The number of likely N-dealkylation sites (tertiary alicyclic amines) is 1. The van der Waals surface area contributed by atoms with Crippen molar-refractivity contribution in [1.29, 1.82) is 0 Å². The number of terminal acetylenes is 1. The van der Waals surface area contributed by atoms with E-state index in [9.17, 15) is 28.8 Å². The number of nitrogens with zero attached hydrogens (tertiary/aromatic N) is 1. The molecule has 262 valence electrons. The van der Waals surface area contributed by atoms with Gasteiger partial charge in [0.2, 0.25) is 17.6 Å². The Labute approximate surface area is 279 Å². The van der Waals surface area contributed by atoms with Gasteiger partial charge in [0.15, 0.2) is 0 Å². The molecule has 1 aliphatic heterocycles. The van der Waals surface area contributed by atoms with Crippen LogP contribution in [0, 0.1) is 40.4 Å². The highest BCUT2D eigenvalue weighted by molar-refractivity contribution is 6.38. The number of nitrogens with one attached hydrogen (secondary N) is 4. The summed E-state index contributed by atoms with van der Waals surface area (Å²) in [5, 5.41) is 10.6. The number of esters is 1. The van der Waals surface area contributed by atoms with Crippen LogP contribution in [0.3, 0.4) is 0 Å². The summed E-state index contributed by atoms with van der Waals surface area (Å²) in [4.78, 5) is 81.6. The molecular weight excluding hydrogens is 602 g/mol. The molecule has 2 rings (SSSR count). The molecule has 6 atom stereocenters. The number of ether oxygens (including phenoxy) is 1. The van der Waals surface area contributed by atoms with Gasteiger partial charge in [-0.3, -0.25) is 19.2 Å². The monoisotopic (exact) mass is 657 g/mol. The third kappa shape index (κ3) is 9.81. The van der Waals surface area contributed by atoms with E-state index in [0.29, 0.717) is 0 Å². The number of carbonyl (C=O) groups is 6. The maximum Gasteiger partial charge on any atom is 0.329 e. The van der Waals surface area contributed by atoms with E-state index in [-0.39, 0.29) is 43.2 Å². The van der Waals surface area contributed by atoms with E-state index in [1.807, 2.05) is 13.8 Å². The third-order valence-electron chi connectivity index (χ3n) is 8.77. The molecule has 0 radical (unpaired) electrons. The van der Waals surface area contributed by atoms with Crippen molar-refractivity contribution in [1.82, 2.24) is 26.2 Å². The Balaban J connectivity index is 2.36. The standard InChI is InChI=1S/C35H55N5O7/c1-14-16-17-21(24(41)28(43)36-18-15-2)37-27(42)23-22-20(35(22,12)13)19-40(23)29(44)25(32(3,4)5)38-31(46)39-26(33(6,7)8)30(45)47-34(9,10)11/h1,15,20-23,25-26H,2,16-19H2,3-13H3,(H,36,43)(H,37,42)(H2,38,39,46)/t20-,21?,22-,23?,25+,26+/m0/s1. The summed E-state index contributed by atoms with van der Waals surface area (Å²) in [5.41, 5.74) is -2.52. The molecule has 0 aromatic heterocycles. The highest BCUT2D eigenvalue weighted by Crippen LogP contribution is 2.65. The van der Waals surface area contributed by atoms with Gasteiger partial charge in [-0.15, -0.1) is 18.9 Å². The van der Waals surface area contributed by atoms with E-state index in [1.54, 1.807) is 62.3 Å². The van der Waals surface area contributed by atoms with Crippen molar-refractivity contribution in [3.05, 3.63) is 12.7 Å². The van der Waals surface area contributed by atoms with Gasteiger partial charge in [-0.1, -0.05) is 61.5 Å². The molecule has 1 aliphatic carbocycles. The van der Waals surface area contributed by atoms with Crippen LogP contribution in [0.1, 0.15) is 89.0 Å². The van der Waals surface area contributed by atoms with Crippen LogP contribution in [0.15, 0.2) is 12.7 Å². The number of urea groups is 1. The average molecular weight is 658 g/mol. The molecule has 1 heterocycles. The van der Waals surface area contributed by atoms with Crippen LogP contribution in [0.2, 0.25) is 0 Å². The minimum atomic E-state index is -1.19. The molecule has 1 saturated carbocycles. The molecule has 12 heteroatoms. The second-order valence-corrected chi connectivity index (χ2v) is 16.3. The number of piperidine rings is 1. The Kier molecular flexibility index (Phi) is 12.1. The first-order valence-electron chi connectivity index (χ1n) is 16.2. The number of rotatable bonds is 12. The number of Topliss-reactive ketones (excluding diaryl/α,β-unsaturated/α-hetero) is 1. The van der Waals surface area contributed by atoms with Crippen LogP contribution in [-0.2, 0) is 28.7 Å². The van der Waals surface area contributed by atoms with Crippen LogP contribution in [0.5, 0.6) is 0 Å². The molecular formula is C35H55N5O7. The van der Waals surface area contributed by atoms with E-state index in [2.05, 4.69) is 33.8 Å². The van der Waals surface area contributed by atoms with Gasteiger partial charge >= 0.3 is 12.0 Å². The number of ketones is 1. The summed E-state index contributed by atoms with van der Waals surface area (Å²) in [5.74, 6) is -1.12. The Morgan fingerprint density at radius 1 is 0.957 bits per heavy atom. The predicted octanol–water partition coefficient (Wildman–Crippen LogP) is 2.71. The molecule has 2 fully saturated rings. The molecule has 0 bridgehead atoms. The second kappa shape index (κ2) is 14.5. The Bertz CT molecular complexity index is 1290. The minimum Gasteiger partial charge on any atom is -0.458 e. The maximum atomic E-state index is 14.3. The van der Waals surface area contributed by atoms with Gasteiger partial charge in [0.1, 0.15) is 23.7 Å². The normalized spacial score (nSPS) is 21.9. The van der Waals surface area contributed by atoms with Gasteiger partial charge in [0, 0.05) is 19.5 Å². The fourth-order valence-corrected chi connectivity index (χ4v) is 6.09. The molecule has 0 spiro atoms. The molecule has 0 aromatic carbocycles. The SMILES string of the molecule is C#CCCC(NC(=O)C1[C@@H]2[C@H](CN1C(=O)[C@@H](NC(=O)N[C@H](C(=O)OC(C)(C)C)C(C)(C)C)C(C)(C)C)C2(C)C)C(=O)C(=O)NCC=C. The van der Waals surface area contributed by atoms with Crippen molar-refractivity contribution in [2.24, 2.45) is 28.1 Å². The number of hydrogen-bond donors (Lipinski definition) is 4. The zero-order valence-corrected chi connectivity index (χ0v) is 30.0.